The molecule has 2 aromatic carbocycles. The van der Waals surface area contributed by atoms with Gasteiger partial charge in [0, 0.05) is 17.3 Å². The topological polar surface area (TPSA) is 46.9 Å². The van der Waals surface area contributed by atoms with Crippen LogP contribution in [0.1, 0.15) is 21.7 Å². The van der Waals surface area contributed by atoms with Crippen LogP contribution in [-0.2, 0) is 6.54 Å². The minimum absolute atomic E-state index is 0.206. The predicted molar refractivity (Wildman–Crippen MR) is 90.9 cm³/mol. The van der Waals surface area contributed by atoms with E-state index >= 15 is 0 Å². The lowest BCUT2D eigenvalue weighted by Crippen LogP contribution is -2.23. The fourth-order valence-corrected chi connectivity index (χ4v) is 2.55. The lowest BCUT2D eigenvalue weighted by Gasteiger charge is -2.04. The first-order chi connectivity index (χ1) is 11.1. The number of benzene rings is 2. The first-order valence-electron chi connectivity index (χ1n) is 7.28. The Labute approximate surface area is 139 Å². The minimum atomic E-state index is -0.206. The third kappa shape index (κ3) is 3.60. The van der Waals surface area contributed by atoms with E-state index in [0.29, 0.717) is 17.3 Å². The molecule has 23 heavy (non-hydrogen) atoms. The number of nitrogens with one attached hydrogen (secondary N) is 1. The number of carbonyl (C=O) groups is 1. The number of amides is 1. The van der Waals surface area contributed by atoms with Crippen LogP contribution in [0.15, 0.2) is 60.7 Å². The van der Waals surface area contributed by atoms with E-state index in [-0.39, 0.29) is 5.91 Å². The molecule has 0 aliphatic rings. The number of hydrogen-bond donors (Lipinski definition) is 1. The molecule has 3 aromatic rings. The summed E-state index contributed by atoms with van der Waals surface area (Å²) in [4.78, 5) is 12.3. The molecular formula is C18H16ClN3O. The molecule has 0 aliphatic carbocycles. The van der Waals surface area contributed by atoms with Crippen molar-refractivity contribution in [1.29, 1.82) is 0 Å². The number of halogens is 1. The van der Waals surface area contributed by atoms with E-state index in [4.69, 9.17) is 11.6 Å². The van der Waals surface area contributed by atoms with E-state index in [2.05, 4.69) is 10.4 Å². The van der Waals surface area contributed by atoms with E-state index in [9.17, 15) is 4.79 Å². The maximum Gasteiger partial charge on any atom is 0.272 e. The molecule has 0 spiro atoms. The zero-order valence-corrected chi connectivity index (χ0v) is 13.4. The lowest BCUT2D eigenvalue weighted by atomic mass is 10.2. The Morgan fingerprint density at radius 2 is 1.91 bits per heavy atom. The second-order valence-electron chi connectivity index (χ2n) is 5.23. The van der Waals surface area contributed by atoms with Crippen LogP contribution in [0.5, 0.6) is 0 Å². The van der Waals surface area contributed by atoms with Crippen molar-refractivity contribution in [3.05, 3.63) is 82.6 Å². The normalized spacial score (nSPS) is 10.5. The van der Waals surface area contributed by atoms with Gasteiger partial charge in [0.25, 0.3) is 5.91 Å². The van der Waals surface area contributed by atoms with Crippen molar-refractivity contribution >= 4 is 17.5 Å². The van der Waals surface area contributed by atoms with E-state index < -0.39 is 0 Å². The molecule has 0 radical (unpaired) electrons. The van der Waals surface area contributed by atoms with Crippen LogP contribution < -0.4 is 5.32 Å². The van der Waals surface area contributed by atoms with Crippen LogP contribution in [0.2, 0.25) is 5.02 Å². The van der Waals surface area contributed by atoms with Crippen LogP contribution in [-0.4, -0.2) is 15.7 Å². The Morgan fingerprint density at radius 1 is 1.13 bits per heavy atom. The van der Waals surface area contributed by atoms with Crippen LogP contribution in [0, 0.1) is 6.92 Å². The van der Waals surface area contributed by atoms with Gasteiger partial charge >= 0.3 is 0 Å². The third-order valence-corrected chi connectivity index (χ3v) is 3.70. The standard InChI is InChI=1S/C18H16ClN3O/c1-13-10-17(21-22(13)16-8-3-2-4-9-16)18(23)20-12-14-6-5-7-15(19)11-14/h2-11H,12H2,1H3,(H,20,23). The summed E-state index contributed by atoms with van der Waals surface area (Å²) in [5.74, 6) is -0.206. The second kappa shape index (κ2) is 6.67. The molecule has 3 rings (SSSR count). The van der Waals surface area contributed by atoms with Gasteiger partial charge in [-0.2, -0.15) is 5.10 Å². The SMILES string of the molecule is Cc1cc(C(=O)NCc2cccc(Cl)c2)nn1-c1ccccc1. The predicted octanol–water partition coefficient (Wildman–Crippen LogP) is 3.76. The van der Waals surface area contributed by atoms with Crippen molar-refractivity contribution < 1.29 is 4.79 Å². The molecule has 1 heterocycles. The van der Waals surface area contributed by atoms with Gasteiger partial charge in [0.15, 0.2) is 5.69 Å². The molecule has 4 nitrogen and oxygen atoms in total. The first kappa shape index (κ1) is 15.3. The van der Waals surface area contributed by atoms with Crippen LogP contribution in [0.3, 0.4) is 0 Å². The summed E-state index contributed by atoms with van der Waals surface area (Å²) >= 11 is 5.94. The van der Waals surface area contributed by atoms with E-state index in [1.807, 2.05) is 55.5 Å². The highest BCUT2D eigenvalue weighted by Gasteiger charge is 2.13. The van der Waals surface area contributed by atoms with Gasteiger partial charge < -0.3 is 5.32 Å². The number of carbonyl (C=O) groups excluding carboxylic acids is 1. The molecule has 1 amide bonds. The zero-order chi connectivity index (χ0) is 16.2. The molecule has 1 aromatic heterocycles. The molecule has 1 N–H and O–H groups in total. The quantitative estimate of drug-likeness (QED) is 0.793. The maximum atomic E-state index is 12.3. The van der Waals surface area contributed by atoms with Crippen LogP contribution in [0.25, 0.3) is 5.69 Å². The number of nitrogens with zero attached hydrogens (tertiary/aromatic N) is 2. The number of para-hydroxylation sites is 1. The molecule has 0 saturated carbocycles. The molecule has 5 heteroatoms. The van der Waals surface area contributed by atoms with Gasteiger partial charge in [-0.15, -0.1) is 0 Å². The average molecular weight is 326 g/mol. The van der Waals surface area contributed by atoms with Gasteiger partial charge in [0.05, 0.1) is 5.69 Å². The van der Waals surface area contributed by atoms with E-state index in [0.717, 1.165) is 16.9 Å². The molecule has 0 unspecified atom stereocenters. The highest BCUT2D eigenvalue weighted by atomic mass is 35.5. The highest BCUT2D eigenvalue weighted by molar-refractivity contribution is 6.30. The van der Waals surface area contributed by atoms with Crippen molar-refractivity contribution in [2.45, 2.75) is 13.5 Å². The summed E-state index contributed by atoms with van der Waals surface area (Å²) < 4.78 is 1.76. The summed E-state index contributed by atoms with van der Waals surface area (Å²) in [6.45, 7) is 2.34. The molecule has 0 atom stereocenters. The Hall–Kier alpha value is -2.59. The van der Waals surface area contributed by atoms with Gasteiger partial charge in [-0.25, -0.2) is 4.68 Å². The van der Waals surface area contributed by atoms with Crippen molar-refractivity contribution in [3.8, 4) is 5.69 Å². The van der Waals surface area contributed by atoms with Crippen molar-refractivity contribution in [2.75, 3.05) is 0 Å². The van der Waals surface area contributed by atoms with Crippen LogP contribution >= 0.6 is 11.6 Å². The van der Waals surface area contributed by atoms with Gasteiger partial charge in [-0.3, -0.25) is 4.79 Å². The van der Waals surface area contributed by atoms with Crippen LogP contribution in [0.4, 0.5) is 0 Å². The Balaban J connectivity index is 1.73. The number of hydrogen-bond acceptors (Lipinski definition) is 2. The van der Waals surface area contributed by atoms with Gasteiger partial charge in [0.1, 0.15) is 0 Å². The van der Waals surface area contributed by atoms with Gasteiger partial charge in [-0.1, -0.05) is 41.9 Å². The fourth-order valence-electron chi connectivity index (χ4n) is 2.34. The third-order valence-electron chi connectivity index (χ3n) is 3.46. The first-order valence-corrected chi connectivity index (χ1v) is 7.66. The van der Waals surface area contributed by atoms with Gasteiger partial charge in [0.2, 0.25) is 0 Å². The molecule has 0 fully saturated rings. The summed E-state index contributed by atoms with van der Waals surface area (Å²) in [5, 5.41) is 7.90. The smallest absolute Gasteiger partial charge is 0.272 e. The summed E-state index contributed by atoms with van der Waals surface area (Å²) in [6, 6.07) is 18.9. The molecule has 116 valence electrons. The largest absolute Gasteiger partial charge is 0.347 e. The average Bonchev–Trinajstić information content (AvgIpc) is 2.95. The fraction of sp³-hybridized carbons (Fsp3) is 0.111. The van der Waals surface area contributed by atoms with Gasteiger partial charge in [-0.05, 0) is 42.8 Å². The number of rotatable bonds is 4. The molecular weight excluding hydrogens is 310 g/mol. The van der Waals surface area contributed by atoms with Crippen molar-refractivity contribution in [3.63, 3.8) is 0 Å². The highest BCUT2D eigenvalue weighted by Crippen LogP contribution is 2.13. The Kier molecular flexibility index (Phi) is 4.44. The maximum absolute atomic E-state index is 12.3. The zero-order valence-electron chi connectivity index (χ0n) is 12.7. The van der Waals surface area contributed by atoms with E-state index in [1.54, 1.807) is 16.8 Å². The van der Waals surface area contributed by atoms with Crippen molar-refractivity contribution in [2.24, 2.45) is 0 Å². The minimum Gasteiger partial charge on any atom is -0.347 e. The second-order valence-corrected chi connectivity index (χ2v) is 5.67. The Bertz CT molecular complexity index is 827. The molecule has 0 saturated heterocycles. The summed E-state index contributed by atoms with van der Waals surface area (Å²) in [7, 11) is 0. The Morgan fingerprint density at radius 3 is 2.65 bits per heavy atom. The molecule has 0 aliphatic heterocycles. The molecule has 0 bridgehead atoms. The van der Waals surface area contributed by atoms with Crippen molar-refractivity contribution in [1.82, 2.24) is 15.1 Å². The lowest BCUT2D eigenvalue weighted by molar-refractivity contribution is 0.0945. The summed E-state index contributed by atoms with van der Waals surface area (Å²) in [5.41, 5.74) is 3.18. The monoisotopic (exact) mass is 325 g/mol. The number of aromatic nitrogens is 2. The van der Waals surface area contributed by atoms with E-state index in [1.165, 1.54) is 0 Å². The number of aryl methyl sites for hydroxylation is 1. The summed E-state index contributed by atoms with van der Waals surface area (Å²) in [6.07, 6.45) is 0.